The number of non-ortho nitro benzene ring substituents is 1. The van der Waals surface area contributed by atoms with Gasteiger partial charge in [-0.1, -0.05) is 0 Å². The van der Waals surface area contributed by atoms with Gasteiger partial charge in [-0.15, -0.1) is 0 Å². The van der Waals surface area contributed by atoms with Gasteiger partial charge in [-0.3, -0.25) is 29.7 Å². The molecule has 1 aromatic heterocycles. The van der Waals surface area contributed by atoms with Gasteiger partial charge in [0.1, 0.15) is 18.0 Å². The standard InChI is InChI=1S/C13H11F2N5O6/c1-6-12(20(25)26)11(13(14)15)17-18(6)5-10(22)16-8-3-2-7(19(23)24)4-9(8)21/h2-4,13,21H,5H2,1H3,(H,16,22). The van der Waals surface area contributed by atoms with Crippen molar-refractivity contribution in [1.82, 2.24) is 9.78 Å². The number of phenolic OH excluding ortho intramolecular Hbond substituents is 1. The lowest BCUT2D eigenvalue weighted by Gasteiger charge is -2.08. The number of aromatic hydroxyl groups is 1. The first-order chi connectivity index (χ1) is 12.1. The third-order valence-corrected chi connectivity index (χ3v) is 3.35. The molecule has 0 aliphatic carbocycles. The Labute approximate surface area is 143 Å². The van der Waals surface area contributed by atoms with E-state index in [2.05, 4.69) is 10.4 Å². The highest BCUT2D eigenvalue weighted by molar-refractivity contribution is 5.92. The van der Waals surface area contributed by atoms with E-state index in [9.17, 15) is 38.9 Å². The highest BCUT2D eigenvalue weighted by Crippen LogP contribution is 2.31. The molecule has 0 fully saturated rings. The van der Waals surface area contributed by atoms with Crippen LogP contribution in [0.1, 0.15) is 17.8 Å². The van der Waals surface area contributed by atoms with E-state index in [0.717, 1.165) is 29.8 Å². The molecule has 0 aliphatic heterocycles. The number of nitro groups is 2. The molecule has 0 unspecified atom stereocenters. The molecule has 2 N–H and O–H groups in total. The minimum absolute atomic E-state index is 0.158. The fourth-order valence-corrected chi connectivity index (χ4v) is 2.15. The summed E-state index contributed by atoms with van der Waals surface area (Å²) in [6.07, 6.45) is -3.20. The largest absolute Gasteiger partial charge is 0.506 e. The van der Waals surface area contributed by atoms with Gasteiger partial charge in [0.25, 0.3) is 12.1 Å². The van der Waals surface area contributed by atoms with Crippen molar-refractivity contribution < 1.29 is 28.5 Å². The van der Waals surface area contributed by atoms with Crippen LogP contribution in [-0.4, -0.2) is 30.6 Å². The molecule has 0 spiro atoms. The van der Waals surface area contributed by atoms with E-state index >= 15 is 0 Å². The van der Waals surface area contributed by atoms with Crippen molar-refractivity contribution in [2.24, 2.45) is 0 Å². The molecule has 1 aromatic carbocycles. The first kappa shape index (κ1) is 18.7. The van der Waals surface area contributed by atoms with Crippen LogP contribution in [0.2, 0.25) is 0 Å². The van der Waals surface area contributed by atoms with Crippen LogP contribution in [0, 0.1) is 27.2 Å². The molecule has 0 aliphatic rings. The normalized spacial score (nSPS) is 10.8. The maximum absolute atomic E-state index is 12.9. The fraction of sp³-hybridized carbons (Fsp3) is 0.231. The molecular weight excluding hydrogens is 360 g/mol. The summed E-state index contributed by atoms with van der Waals surface area (Å²) in [6.45, 7) is 0.517. The van der Waals surface area contributed by atoms with E-state index in [4.69, 9.17) is 0 Å². The molecule has 1 heterocycles. The number of halogens is 2. The Morgan fingerprint density at radius 1 is 1.35 bits per heavy atom. The quantitative estimate of drug-likeness (QED) is 0.448. The second-order valence-corrected chi connectivity index (χ2v) is 5.04. The van der Waals surface area contributed by atoms with Crippen molar-refractivity contribution >= 4 is 23.0 Å². The van der Waals surface area contributed by atoms with Crippen LogP contribution in [-0.2, 0) is 11.3 Å². The highest BCUT2D eigenvalue weighted by Gasteiger charge is 2.31. The molecule has 1 amide bonds. The Bertz CT molecular complexity index is 897. The molecule has 11 nitrogen and oxygen atoms in total. The number of aromatic nitrogens is 2. The highest BCUT2D eigenvalue weighted by atomic mass is 19.3. The SMILES string of the molecule is Cc1c([N+](=O)[O-])c(C(F)F)nn1CC(=O)Nc1ccc([N+](=O)[O-])cc1O. The monoisotopic (exact) mass is 371 g/mol. The average molecular weight is 371 g/mol. The Hall–Kier alpha value is -3.64. The van der Waals surface area contributed by atoms with Gasteiger partial charge in [0.2, 0.25) is 11.6 Å². The fourth-order valence-electron chi connectivity index (χ4n) is 2.15. The van der Waals surface area contributed by atoms with Crippen molar-refractivity contribution in [1.29, 1.82) is 0 Å². The molecule has 0 atom stereocenters. The van der Waals surface area contributed by atoms with E-state index in [1.165, 1.54) is 0 Å². The summed E-state index contributed by atoms with van der Waals surface area (Å²) in [5, 5.41) is 36.8. The summed E-state index contributed by atoms with van der Waals surface area (Å²) in [6, 6.07) is 2.93. The van der Waals surface area contributed by atoms with Gasteiger partial charge in [0.15, 0.2) is 0 Å². The second-order valence-electron chi connectivity index (χ2n) is 5.04. The number of carbonyl (C=O) groups excluding carboxylic acids is 1. The second kappa shape index (κ2) is 7.08. The predicted octanol–water partition coefficient (Wildman–Crippen LogP) is 2.29. The molecule has 138 valence electrons. The summed E-state index contributed by atoms with van der Waals surface area (Å²) in [7, 11) is 0. The van der Waals surface area contributed by atoms with Crippen LogP contribution in [0.15, 0.2) is 18.2 Å². The smallest absolute Gasteiger partial charge is 0.319 e. The lowest BCUT2D eigenvalue weighted by molar-refractivity contribution is -0.386. The molecule has 2 aromatic rings. The van der Waals surface area contributed by atoms with Gasteiger partial charge in [-0.05, 0) is 13.0 Å². The van der Waals surface area contributed by atoms with Crippen molar-refractivity contribution in [2.75, 3.05) is 5.32 Å². The number of anilines is 1. The number of carbonyl (C=O) groups is 1. The van der Waals surface area contributed by atoms with E-state index < -0.39 is 51.5 Å². The van der Waals surface area contributed by atoms with Gasteiger partial charge >= 0.3 is 5.69 Å². The summed E-state index contributed by atoms with van der Waals surface area (Å²) in [4.78, 5) is 31.7. The summed E-state index contributed by atoms with van der Waals surface area (Å²) in [5.41, 5.74) is -2.74. The van der Waals surface area contributed by atoms with E-state index in [0.29, 0.717) is 0 Å². The summed E-state index contributed by atoms with van der Waals surface area (Å²) < 4.78 is 26.4. The van der Waals surface area contributed by atoms with Crippen molar-refractivity contribution in [3.05, 3.63) is 49.8 Å². The Morgan fingerprint density at radius 3 is 2.46 bits per heavy atom. The number of hydrogen-bond donors (Lipinski definition) is 2. The average Bonchev–Trinajstić information content (AvgIpc) is 2.86. The molecule has 0 saturated carbocycles. The van der Waals surface area contributed by atoms with Gasteiger partial charge in [0.05, 0.1) is 21.6 Å². The van der Waals surface area contributed by atoms with Gasteiger partial charge in [-0.25, -0.2) is 8.78 Å². The number of nitrogens with one attached hydrogen (secondary N) is 1. The topological polar surface area (TPSA) is 153 Å². The Kier molecular flexibility index (Phi) is 5.09. The Morgan fingerprint density at radius 2 is 2.00 bits per heavy atom. The molecule has 0 bridgehead atoms. The zero-order valence-corrected chi connectivity index (χ0v) is 13.0. The lowest BCUT2D eigenvalue weighted by atomic mass is 10.2. The number of nitro benzene ring substituents is 1. The lowest BCUT2D eigenvalue weighted by Crippen LogP contribution is -2.20. The molecule has 26 heavy (non-hydrogen) atoms. The molecule has 0 saturated heterocycles. The zero-order valence-electron chi connectivity index (χ0n) is 13.0. The summed E-state index contributed by atoms with van der Waals surface area (Å²) >= 11 is 0. The minimum Gasteiger partial charge on any atom is -0.506 e. The number of benzene rings is 1. The number of alkyl halides is 2. The van der Waals surface area contributed by atoms with Crippen molar-refractivity contribution in [3.8, 4) is 5.75 Å². The Balaban J connectivity index is 2.22. The predicted molar refractivity (Wildman–Crippen MR) is 82.0 cm³/mol. The van der Waals surface area contributed by atoms with Gasteiger partial charge in [-0.2, -0.15) is 5.10 Å². The molecule has 13 heteroatoms. The van der Waals surface area contributed by atoms with Crippen LogP contribution in [0.5, 0.6) is 5.75 Å². The van der Waals surface area contributed by atoms with Crippen molar-refractivity contribution in [2.45, 2.75) is 19.9 Å². The maximum atomic E-state index is 12.9. The molecular formula is C13H11F2N5O6. The zero-order chi connectivity index (χ0) is 19.6. The van der Waals surface area contributed by atoms with Crippen LogP contribution in [0.3, 0.4) is 0 Å². The third-order valence-electron chi connectivity index (χ3n) is 3.35. The summed E-state index contributed by atoms with van der Waals surface area (Å²) in [5.74, 6) is -1.42. The van der Waals surface area contributed by atoms with Gasteiger partial charge in [0, 0.05) is 6.07 Å². The number of nitrogens with zero attached hydrogens (tertiary/aromatic N) is 4. The first-order valence-electron chi connectivity index (χ1n) is 6.89. The first-order valence-corrected chi connectivity index (χ1v) is 6.89. The van der Waals surface area contributed by atoms with E-state index in [1.807, 2.05) is 0 Å². The number of amides is 1. The van der Waals surface area contributed by atoms with Crippen LogP contribution in [0.25, 0.3) is 0 Å². The van der Waals surface area contributed by atoms with E-state index in [-0.39, 0.29) is 11.4 Å². The molecule has 0 radical (unpaired) electrons. The molecule has 2 rings (SSSR count). The van der Waals surface area contributed by atoms with Crippen LogP contribution >= 0.6 is 0 Å². The minimum atomic E-state index is -3.20. The van der Waals surface area contributed by atoms with E-state index in [1.54, 1.807) is 0 Å². The van der Waals surface area contributed by atoms with Crippen LogP contribution < -0.4 is 5.32 Å². The van der Waals surface area contributed by atoms with Crippen molar-refractivity contribution in [3.63, 3.8) is 0 Å². The number of rotatable bonds is 6. The third kappa shape index (κ3) is 3.71. The number of hydrogen-bond acceptors (Lipinski definition) is 7. The number of phenols is 1. The van der Waals surface area contributed by atoms with Gasteiger partial charge < -0.3 is 10.4 Å². The maximum Gasteiger partial charge on any atom is 0.319 e. The van der Waals surface area contributed by atoms with Crippen LogP contribution in [0.4, 0.5) is 25.8 Å².